The number of hydrogen-bond donors (Lipinski definition) is 8. The lowest BCUT2D eigenvalue weighted by Crippen LogP contribution is -2.58. The van der Waals surface area contributed by atoms with Crippen LogP contribution in [0.25, 0.3) is 0 Å². The van der Waals surface area contributed by atoms with E-state index >= 15 is 0 Å². The van der Waals surface area contributed by atoms with Crippen molar-refractivity contribution >= 4 is 53.4 Å². The van der Waals surface area contributed by atoms with Crippen LogP contribution in [0.15, 0.2) is 0 Å². The van der Waals surface area contributed by atoms with Crippen LogP contribution in [0.1, 0.15) is 39.5 Å². The number of carbonyl (C=O) groups excluding carboxylic acids is 4. The number of carbonyl (C=O) groups is 7. The number of hydrogen-bond acceptors (Lipinski definition) is 8. The van der Waals surface area contributed by atoms with Crippen molar-refractivity contribution in [3.05, 3.63) is 0 Å². The first-order chi connectivity index (χ1) is 15.1. The summed E-state index contributed by atoms with van der Waals surface area (Å²) in [5, 5.41) is 32.2. The Bertz CT molecular complexity index is 788. The number of rotatable bonds is 15. The lowest BCUT2D eigenvalue weighted by Gasteiger charge is -2.26. The third kappa shape index (κ3) is 11.8. The van der Waals surface area contributed by atoms with Crippen LogP contribution in [0, 0.1) is 5.92 Å². The highest BCUT2D eigenvalue weighted by atomic mass is 32.1. The van der Waals surface area contributed by atoms with Crippen molar-refractivity contribution in [1.82, 2.24) is 16.0 Å². The molecule has 0 radical (unpaired) electrons. The summed E-state index contributed by atoms with van der Waals surface area (Å²) in [7, 11) is 0. The normalized spacial score (nSPS) is 14.3. The van der Waals surface area contributed by atoms with Crippen LogP contribution in [0.3, 0.4) is 0 Å². The third-order valence-electron chi connectivity index (χ3n) is 4.25. The monoisotopic (exact) mass is 492 g/mol. The summed E-state index contributed by atoms with van der Waals surface area (Å²) >= 11 is 3.53. The molecular weight excluding hydrogens is 464 g/mol. The highest BCUT2D eigenvalue weighted by Gasteiger charge is 2.32. The Morgan fingerprint density at radius 1 is 0.758 bits per heavy atom. The molecule has 0 aliphatic heterocycles. The Labute approximate surface area is 194 Å². The maximum Gasteiger partial charge on any atom is 0.305 e. The molecule has 8 N–H and O–H groups in total. The zero-order valence-corrected chi connectivity index (χ0v) is 18.8. The Morgan fingerprint density at radius 2 is 1.27 bits per heavy atom. The predicted octanol–water partition coefficient (Wildman–Crippen LogP) is -2.31. The smallest absolute Gasteiger partial charge is 0.305 e. The van der Waals surface area contributed by atoms with Crippen molar-refractivity contribution in [2.24, 2.45) is 11.7 Å². The molecule has 0 aromatic rings. The van der Waals surface area contributed by atoms with Crippen LogP contribution in [0.4, 0.5) is 0 Å². The van der Waals surface area contributed by atoms with E-state index < -0.39 is 96.5 Å². The third-order valence-corrected chi connectivity index (χ3v) is 4.56. The molecule has 0 unspecified atom stereocenters. The topological polar surface area (TPSA) is 242 Å². The second-order valence-electron chi connectivity index (χ2n) is 7.43. The number of nitrogens with one attached hydrogen (secondary N) is 3. The van der Waals surface area contributed by atoms with E-state index in [9.17, 15) is 33.6 Å². The van der Waals surface area contributed by atoms with E-state index in [0.717, 1.165) is 0 Å². The molecule has 0 rings (SSSR count). The molecule has 14 nitrogen and oxygen atoms in total. The molecule has 0 aromatic carbocycles. The van der Waals surface area contributed by atoms with E-state index in [1.54, 1.807) is 0 Å². The lowest BCUT2D eigenvalue weighted by molar-refractivity contribution is -0.141. The quantitative estimate of drug-likeness (QED) is 0.113. The highest BCUT2D eigenvalue weighted by Crippen LogP contribution is 2.07. The van der Waals surface area contributed by atoms with Gasteiger partial charge in [0.1, 0.15) is 18.1 Å². The first-order valence-electron chi connectivity index (χ1n) is 9.70. The molecule has 186 valence electrons. The molecule has 0 spiro atoms. The number of amides is 3. The average molecular weight is 493 g/mol. The number of nitrogens with two attached hydrogens (primary N) is 1. The van der Waals surface area contributed by atoms with Crippen molar-refractivity contribution in [1.29, 1.82) is 0 Å². The minimum atomic E-state index is -1.51. The molecule has 0 fully saturated rings. The van der Waals surface area contributed by atoms with Gasteiger partial charge in [0.15, 0.2) is 0 Å². The van der Waals surface area contributed by atoms with Gasteiger partial charge >= 0.3 is 17.9 Å². The molecule has 33 heavy (non-hydrogen) atoms. The fourth-order valence-corrected chi connectivity index (χ4v) is 2.68. The van der Waals surface area contributed by atoms with Crippen LogP contribution in [0.5, 0.6) is 0 Å². The molecule has 0 saturated heterocycles. The molecule has 0 heterocycles. The van der Waals surface area contributed by atoms with Gasteiger partial charge in [0, 0.05) is 6.42 Å². The largest absolute Gasteiger partial charge is 0.481 e. The maximum absolute atomic E-state index is 12.7. The van der Waals surface area contributed by atoms with E-state index in [1.807, 2.05) is 0 Å². The van der Waals surface area contributed by atoms with Crippen molar-refractivity contribution in [2.45, 2.75) is 63.7 Å². The summed E-state index contributed by atoms with van der Waals surface area (Å²) in [5.41, 5.74) is 5.45. The van der Waals surface area contributed by atoms with Crippen molar-refractivity contribution in [3.63, 3.8) is 0 Å². The lowest BCUT2D eigenvalue weighted by atomic mass is 10.0. The Morgan fingerprint density at radius 3 is 1.70 bits per heavy atom. The number of carboxylic acids is 3. The zero-order valence-electron chi connectivity index (χ0n) is 17.9. The molecule has 0 aromatic heterocycles. The van der Waals surface area contributed by atoms with Gasteiger partial charge in [-0.05, 0) is 12.3 Å². The van der Waals surface area contributed by atoms with Crippen molar-refractivity contribution in [2.75, 3.05) is 0 Å². The predicted molar refractivity (Wildman–Crippen MR) is 114 cm³/mol. The molecule has 4 atom stereocenters. The van der Waals surface area contributed by atoms with Crippen molar-refractivity contribution < 1.29 is 48.9 Å². The number of carboxylic acid groups (broad SMARTS) is 3. The molecule has 0 saturated carbocycles. The van der Waals surface area contributed by atoms with Crippen molar-refractivity contribution in [3.8, 4) is 0 Å². The van der Waals surface area contributed by atoms with Gasteiger partial charge in [0.05, 0.1) is 18.9 Å². The Balaban J connectivity index is 5.52. The molecule has 3 amide bonds. The van der Waals surface area contributed by atoms with Crippen LogP contribution in [-0.2, 0) is 33.6 Å². The first kappa shape index (κ1) is 29.8. The zero-order chi connectivity index (χ0) is 25.9. The minimum Gasteiger partial charge on any atom is -0.481 e. The van der Waals surface area contributed by atoms with Crippen LogP contribution in [-0.4, -0.2) is 80.2 Å². The minimum absolute atomic E-state index is 0.393. The second kappa shape index (κ2) is 14.1. The average Bonchev–Trinajstić information content (AvgIpc) is 2.66. The van der Waals surface area contributed by atoms with E-state index in [1.165, 1.54) is 13.8 Å². The fraction of sp³-hybridized carbons (Fsp3) is 0.611. The number of aliphatic carboxylic acids is 3. The summed E-state index contributed by atoms with van der Waals surface area (Å²) < 4.78 is 0. The molecule has 15 heteroatoms. The highest BCUT2D eigenvalue weighted by molar-refractivity contribution is 7.96. The van der Waals surface area contributed by atoms with Gasteiger partial charge in [-0.15, -0.1) is 12.6 Å². The second-order valence-corrected chi connectivity index (χ2v) is 7.87. The summed E-state index contributed by atoms with van der Waals surface area (Å²) in [6, 6.07) is -5.74. The van der Waals surface area contributed by atoms with Gasteiger partial charge in [0.2, 0.25) is 22.8 Å². The van der Waals surface area contributed by atoms with Gasteiger partial charge in [-0.2, -0.15) is 0 Å². The van der Waals surface area contributed by atoms with Crippen LogP contribution in [0.2, 0.25) is 0 Å². The van der Waals surface area contributed by atoms with Crippen LogP contribution < -0.4 is 21.7 Å². The standard InChI is InChI=1S/C18H28N4O10S/c1-7(2)14(17(31)21-10(18(32)33)6-13(27)28)22-16(30)9(3-4-11(23)24)20-15(29)8(19)5-12(25)26/h7-10,14H,3-6,19H2,1-2H3,(H,20,29)(H,21,31)(H,22,30)(H,23,24)(H,25,26)(H,27,28)(H,32,33)/t8-,9-,10-,14-/m0/s1. The van der Waals surface area contributed by atoms with E-state index in [2.05, 4.69) is 28.6 Å². The van der Waals surface area contributed by atoms with E-state index in [0.29, 0.717) is 0 Å². The fourth-order valence-electron chi connectivity index (χ4n) is 2.52. The van der Waals surface area contributed by atoms with Gasteiger partial charge in [-0.1, -0.05) is 13.8 Å². The maximum atomic E-state index is 12.7. The number of thiol groups is 1. The summed E-state index contributed by atoms with van der Waals surface area (Å²) in [4.78, 5) is 81.4. The Kier molecular flexibility index (Phi) is 12.7. The van der Waals surface area contributed by atoms with E-state index in [4.69, 9.17) is 21.1 Å². The van der Waals surface area contributed by atoms with E-state index in [-0.39, 0.29) is 0 Å². The van der Waals surface area contributed by atoms with Gasteiger partial charge in [0.25, 0.3) is 0 Å². The van der Waals surface area contributed by atoms with Crippen LogP contribution >= 0.6 is 12.6 Å². The summed E-state index contributed by atoms with van der Waals surface area (Å²) in [6.45, 7) is 3.07. The Hall–Kier alpha value is -3.20. The SMILES string of the molecule is CC(C)[C@H](NC(=O)[C@H](CCC(=O)O)NC(=O)[C@@H](N)CC(=O)O)C(=O)N[C@@H](CC(=O)O)C(=O)S. The first-order valence-corrected chi connectivity index (χ1v) is 10.1. The van der Waals surface area contributed by atoms with Gasteiger partial charge in [-0.25, -0.2) is 0 Å². The molecule has 0 bridgehead atoms. The molecule has 0 aliphatic carbocycles. The molecule has 0 aliphatic rings. The summed E-state index contributed by atoms with van der Waals surface area (Å²) in [6.07, 6.45) is -2.42. The van der Waals surface area contributed by atoms with Gasteiger partial charge in [-0.3, -0.25) is 33.6 Å². The summed E-state index contributed by atoms with van der Waals surface area (Å²) in [5.74, 6) is -7.47. The molecular formula is C18H28N4O10S. The van der Waals surface area contributed by atoms with Gasteiger partial charge < -0.3 is 37.0 Å².